The van der Waals surface area contributed by atoms with Crippen LogP contribution in [0.3, 0.4) is 0 Å². The summed E-state index contributed by atoms with van der Waals surface area (Å²) in [5, 5.41) is 10.4. The third kappa shape index (κ3) is 4.83. The van der Waals surface area contributed by atoms with Gasteiger partial charge in [-0.2, -0.15) is 13.2 Å². The normalized spacial score (nSPS) is 24.5. The fraction of sp³-hybridized carbons (Fsp3) is 0.409. The van der Waals surface area contributed by atoms with Gasteiger partial charge in [0.1, 0.15) is 23.4 Å². The van der Waals surface area contributed by atoms with Gasteiger partial charge in [0.2, 0.25) is 0 Å². The van der Waals surface area contributed by atoms with Crippen molar-refractivity contribution in [2.24, 2.45) is 0 Å². The number of aliphatic hydroxyl groups is 1. The number of ether oxygens (including phenoxy) is 1. The molecular weight excluding hydrogens is 431 g/mol. The second-order valence-electron chi connectivity index (χ2n) is 7.97. The molecule has 0 bridgehead atoms. The molecule has 1 amide bonds. The molecule has 2 fully saturated rings. The zero-order chi connectivity index (χ0) is 22.2. The Bertz CT molecular complexity index is 919. The Morgan fingerprint density at radius 1 is 1.06 bits per heavy atom. The van der Waals surface area contributed by atoms with E-state index in [0.29, 0.717) is 42.8 Å². The molecule has 2 aromatic rings. The molecule has 4 rings (SSSR count). The van der Waals surface area contributed by atoms with Crippen molar-refractivity contribution < 1.29 is 32.4 Å². The molecule has 9 heteroatoms. The number of carbonyl (C=O) groups excluding carboxylic acids is 1. The van der Waals surface area contributed by atoms with Crippen LogP contribution in [0, 0.1) is 0 Å². The molecule has 2 saturated heterocycles. The summed E-state index contributed by atoms with van der Waals surface area (Å²) in [6.07, 6.45) is -3.39. The molecule has 2 aliphatic heterocycles. The van der Waals surface area contributed by atoms with Gasteiger partial charge in [0, 0.05) is 31.5 Å². The van der Waals surface area contributed by atoms with Crippen molar-refractivity contribution in [3.63, 3.8) is 0 Å². The highest BCUT2D eigenvalue weighted by molar-refractivity contribution is 7.92. The lowest BCUT2D eigenvalue weighted by Gasteiger charge is -2.37. The molecule has 0 spiro atoms. The van der Waals surface area contributed by atoms with Gasteiger partial charge in [0.15, 0.2) is 5.60 Å². The Labute approximate surface area is 181 Å². The Kier molecular flexibility index (Phi) is 5.93. The minimum Gasteiger partial charge on any atom is -0.616 e. The van der Waals surface area contributed by atoms with E-state index in [9.17, 15) is 27.6 Å². The molecule has 1 N–H and O–H groups in total. The van der Waals surface area contributed by atoms with Crippen LogP contribution in [0.1, 0.15) is 34.3 Å². The highest BCUT2D eigenvalue weighted by Crippen LogP contribution is 2.34. The molecule has 0 atom stereocenters. The second kappa shape index (κ2) is 8.37. The molecule has 5 nitrogen and oxygen atoms in total. The lowest BCUT2D eigenvalue weighted by Crippen LogP contribution is -2.52. The van der Waals surface area contributed by atoms with Crippen LogP contribution in [-0.4, -0.2) is 51.2 Å². The smallest absolute Gasteiger partial charge is 0.416 e. The topological polar surface area (TPSA) is 72.8 Å². The van der Waals surface area contributed by atoms with Crippen molar-refractivity contribution in [3.8, 4) is 5.75 Å². The van der Waals surface area contributed by atoms with Crippen LogP contribution in [0.15, 0.2) is 48.5 Å². The van der Waals surface area contributed by atoms with Gasteiger partial charge in [-0.3, -0.25) is 4.79 Å². The summed E-state index contributed by atoms with van der Waals surface area (Å²) in [4.78, 5) is 14.5. The van der Waals surface area contributed by atoms with Gasteiger partial charge in [-0.1, -0.05) is 12.1 Å². The minimum absolute atomic E-state index is 0.122. The van der Waals surface area contributed by atoms with Crippen LogP contribution in [0.4, 0.5) is 13.2 Å². The number of hydrogen-bond donors (Lipinski definition) is 1. The molecule has 2 heterocycles. The third-order valence-corrected chi connectivity index (χ3v) is 7.28. The van der Waals surface area contributed by atoms with Crippen molar-refractivity contribution in [3.05, 3.63) is 65.2 Å². The molecule has 2 aliphatic rings. The number of rotatable bonds is 4. The molecule has 0 aromatic heterocycles. The Morgan fingerprint density at radius 2 is 1.65 bits per heavy atom. The van der Waals surface area contributed by atoms with Crippen molar-refractivity contribution in [1.82, 2.24) is 4.90 Å². The van der Waals surface area contributed by atoms with E-state index >= 15 is 0 Å². The number of carbonyl (C=O) groups is 1. The maximum atomic E-state index is 12.8. The zero-order valence-electron chi connectivity index (χ0n) is 16.6. The molecule has 2 aromatic carbocycles. The summed E-state index contributed by atoms with van der Waals surface area (Å²) < 4.78 is 55.0. The van der Waals surface area contributed by atoms with E-state index in [1.165, 1.54) is 12.1 Å². The number of halogens is 3. The van der Waals surface area contributed by atoms with E-state index < -0.39 is 28.5 Å². The van der Waals surface area contributed by atoms with E-state index in [4.69, 9.17) is 4.74 Å². The molecular formula is C22H22F3NO4S. The number of benzene rings is 2. The van der Waals surface area contributed by atoms with Gasteiger partial charge in [-0.25, -0.2) is 0 Å². The van der Waals surface area contributed by atoms with Crippen LogP contribution in [0.5, 0.6) is 5.75 Å². The summed E-state index contributed by atoms with van der Waals surface area (Å²) in [5.41, 5.74) is -0.619. The first-order valence-corrected chi connectivity index (χ1v) is 11.4. The lowest BCUT2D eigenvalue weighted by atomic mass is 9.95. The Balaban J connectivity index is 1.30. The highest BCUT2D eigenvalue weighted by Gasteiger charge is 2.48. The summed E-state index contributed by atoms with van der Waals surface area (Å²) in [5.74, 6) is 0.686. The first-order valence-electron chi connectivity index (χ1n) is 9.95. The summed E-state index contributed by atoms with van der Waals surface area (Å²) >= 11 is -0.991. The summed E-state index contributed by atoms with van der Waals surface area (Å²) in [6, 6.07) is 11.4. The van der Waals surface area contributed by atoms with E-state index in [1.54, 1.807) is 29.2 Å². The molecule has 0 aliphatic carbocycles. The fourth-order valence-corrected chi connectivity index (χ4v) is 5.17. The standard InChI is InChI=1S/C22H22F3NO4S/c23-22(24,25)17-5-7-18(8-6-17)30-19-9-11-26(12-10-19)20(27)15-1-3-16(4-2-15)21(28)13-31(29)14-21/h1-8,19,28H,9-14H2. The van der Waals surface area contributed by atoms with Crippen molar-refractivity contribution >= 4 is 17.1 Å². The molecule has 31 heavy (non-hydrogen) atoms. The van der Waals surface area contributed by atoms with E-state index in [1.807, 2.05) is 0 Å². The predicted octanol–water partition coefficient (Wildman–Crippen LogP) is 3.34. The Hall–Kier alpha value is -2.23. The molecule has 0 radical (unpaired) electrons. The van der Waals surface area contributed by atoms with Crippen LogP contribution in [0.25, 0.3) is 0 Å². The molecule has 166 valence electrons. The number of alkyl halides is 3. The van der Waals surface area contributed by atoms with Gasteiger partial charge >= 0.3 is 6.18 Å². The van der Waals surface area contributed by atoms with Gasteiger partial charge in [0.05, 0.1) is 5.56 Å². The van der Waals surface area contributed by atoms with Crippen molar-refractivity contribution in [2.45, 2.75) is 30.7 Å². The fourth-order valence-electron chi connectivity index (χ4n) is 3.85. The average Bonchev–Trinajstić information content (AvgIpc) is 2.73. The summed E-state index contributed by atoms with van der Waals surface area (Å²) in [6.45, 7) is 0.962. The van der Waals surface area contributed by atoms with Crippen LogP contribution >= 0.6 is 0 Å². The number of nitrogens with zero attached hydrogens (tertiary/aromatic N) is 1. The second-order valence-corrected chi connectivity index (χ2v) is 9.43. The SMILES string of the molecule is O=C(c1ccc(C2(O)C[S+]([O-])C2)cc1)N1CCC(Oc2ccc(C(F)(F)F)cc2)CC1. The van der Waals surface area contributed by atoms with Crippen LogP contribution < -0.4 is 4.74 Å². The maximum absolute atomic E-state index is 12.8. The number of amides is 1. The average molecular weight is 453 g/mol. The maximum Gasteiger partial charge on any atom is 0.416 e. The number of hydrogen-bond acceptors (Lipinski definition) is 4. The van der Waals surface area contributed by atoms with Crippen molar-refractivity contribution in [2.75, 3.05) is 24.6 Å². The van der Waals surface area contributed by atoms with Gasteiger partial charge in [0.25, 0.3) is 5.91 Å². The van der Waals surface area contributed by atoms with Gasteiger partial charge in [-0.05, 0) is 53.1 Å². The van der Waals surface area contributed by atoms with E-state index in [2.05, 4.69) is 0 Å². The van der Waals surface area contributed by atoms with E-state index in [-0.39, 0.29) is 23.5 Å². The quantitative estimate of drug-likeness (QED) is 0.721. The van der Waals surface area contributed by atoms with Gasteiger partial charge < -0.3 is 19.3 Å². The van der Waals surface area contributed by atoms with Crippen molar-refractivity contribution in [1.29, 1.82) is 0 Å². The van der Waals surface area contributed by atoms with Crippen LogP contribution in [0.2, 0.25) is 0 Å². The first-order chi connectivity index (χ1) is 14.6. The van der Waals surface area contributed by atoms with Crippen LogP contribution in [-0.2, 0) is 23.0 Å². The zero-order valence-corrected chi connectivity index (χ0v) is 17.4. The van der Waals surface area contributed by atoms with Gasteiger partial charge in [-0.15, -0.1) is 0 Å². The Morgan fingerprint density at radius 3 is 2.16 bits per heavy atom. The number of likely N-dealkylation sites (tertiary alicyclic amines) is 1. The first kappa shape index (κ1) is 22.0. The molecule has 0 saturated carbocycles. The highest BCUT2D eigenvalue weighted by atomic mass is 32.2. The van der Waals surface area contributed by atoms with E-state index in [0.717, 1.165) is 12.1 Å². The predicted molar refractivity (Wildman–Crippen MR) is 109 cm³/mol. The third-order valence-electron chi connectivity index (χ3n) is 5.68. The lowest BCUT2D eigenvalue weighted by molar-refractivity contribution is -0.137. The minimum atomic E-state index is -4.38. The number of piperidine rings is 1. The molecule has 0 unspecified atom stereocenters. The largest absolute Gasteiger partial charge is 0.616 e. The monoisotopic (exact) mass is 453 g/mol. The summed E-state index contributed by atoms with van der Waals surface area (Å²) in [7, 11) is 0.